The summed E-state index contributed by atoms with van der Waals surface area (Å²) in [5, 5.41) is 0. The molecule has 0 unspecified atom stereocenters. The second kappa shape index (κ2) is 6.10. The van der Waals surface area contributed by atoms with Gasteiger partial charge in [-0.05, 0) is 30.5 Å². The summed E-state index contributed by atoms with van der Waals surface area (Å²) in [6.45, 7) is 0.988. The molecule has 0 radical (unpaired) electrons. The Morgan fingerprint density at radius 3 is 2.48 bits per heavy atom. The van der Waals surface area contributed by atoms with Crippen molar-refractivity contribution in [3.05, 3.63) is 23.8 Å². The molecule has 1 aliphatic carbocycles. The van der Waals surface area contributed by atoms with Crippen molar-refractivity contribution in [1.82, 2.24) is 4.90 Å². The van der Waals surface area contributed by atoms with Crippen LogP contribution in [0.25, 0.3) is 0 Å². The quantitative estimate of drug-likeness (QED) is 0.905. The van der Waals surface area contributed by atoms with E-state index in [0.717, 1.165) is 31.2 Å². The molecule has 0 bridgehead atoms. The van der Waals surface area contributed by atoms with Gasteiger partial charge in [-0.3, -0.25) is 9.59 Å². The number of primary amides is 1. The van der Waals surface area contributed by atoms with E-state index < -0.39 is 11.3 Å². The lowest BCUT2D eigenvalue weighted by atomic mass is 9.77. The van der Waals surface area contributed by atoms with Crippen LogP contribution in [0.15, 0.2) is 18.2 Å². The third kappa shape index (κ3) is 2.85. The molecule has 0 spiro atoms. The topological polar surface area (TPSA) is 81.9 Å². The lowest BCUT2D eigenvalue weighted by Crippen LogP contribution is -2.46. The zero-order chi connectivity index (χ0) is 16.4. The molecule has 0 atom stereocenters. The van der Waals surface area contributed by atoms with Gasteiger partial charge in [0.25, 0.3) is 0 Å². The minimum atomic E-state index is -0.597. The Kier molecular flexibility index (Phi) is 4.15. The Morgan fingerprint density at radius 2 is 1.83 bits per heavy atom. The molecule has 3 rings (SSSR count). The van der Waals surface area contributed by atoms with Crippen LogP contribution in [0.2, 0.25) is 0 Å². The second-order valence-corrected chi connectivity index (χ2v) is 6.28. The van der Waals surface area contributed by atoms with Gasteiger partial charge in [0, 0.05) is 7.05 Å². The molecule has 6 heteroatoms. The molecule has 1 saturated carbocycles. The van der Waals surface area contributed by atoms with Gasteiger partial charge >= 0.3 is 0 Å². The van der Waals surface area contributed by atoms with Gasteiger partial charge in [0.1, 0.15) is 13.2 Å². The van der Waals surface area contributed by atoms with E-state index in [2.05, 4.69) is 0 Å². The Balaban J connectivity index is 1.94. The van der Waals surface area contributed by atoms with Crippen LogP contribution in [0.5, 0.6) is 11.5 Å². The highest BCUT2D eigenvalue weighted by Gasteiger charge is 2.44. The number of hydrogen-bond donors (Lipinski definition) is 1. The monoisotopic (exact) mass is 318 g/mol. The molecule has 2 amide bonds. The lowest BCUT2D eigenvalue weighted by Gasteiger charge is -2.33. The first-order valence-electron chi connectivity index (χ1n) is 7.97. The molecule has 1 aromatic rings. The molecule has 2 aliphatic rings. The first-order chi connectivity index (χ1) is 11.0. The number of ether oxygens (including phenoxy) is 2. The van der Waals surface area contributed by atoms with E-state index in [-0.39, 0.29) is 12.5 Å². The van der Waals surface area contributed by atoms with Crippen molar-refractivity contribution < 1.29 is 19.1 Å². The molecule has 1 fully saturated rings. The van der Waals surface area contributed by atoms with Crippen molar-refractivity contribution >= 4 is 11.8 Å². The highest BCUT2D eigenvalue weighted by Crippen LogP contribution is 2.45. The predicted molar refractivity (Wildman–Crippen MR) is 84.4 cm³/mol. The number of nitrogens with two attached hydrogens (primary N) is 1. The molecular weight excluding hydrogens is 296 g/mol. The van der Waals surface area contributed by atoms with Crippen LogP contribution in [0.1, 0.15) is 31.2 Å². The van der Waals surface area contributed by atoms with Crippen LogP contribution in [0.4, 0.5) is 0 Å². The van der Waals surface area contributed by atoms with E-state index in [1.165, 1.54) is 4.90 Å². The zero-order valence-corrected chi connectivity index (χ0v) is 13.3. The van der Waals surface area contributed by atoms with Crippen molar-refractivity contribution in [3.63, 3.8) is 0 Å². The third-order valence-electron chi connectivity index (χ3n) is 4.70. The molecule has 1 aliphatic heterocycles. The van der Waals surface area contributed by atoms with Gasteiger partial charge in [-0.15, -0.1) is 0 Å². The summed E-state index contributed by atoms with van der Waals surface area (Å²) >= 11 is 0. The van der Waals surface area contributed by atoms with E-state index in [0.29, 0.717) is 24.7 Å². The van der Waals surface area contributed by atoms with Crippen molar-refractivity contribution in [2.45, 2.75) is 31.1 Å². The molecule has 124 valence electrons. The minimum absolute atomic E-state index is 0.0505. The summed E-state index contributed by atoms with van der Waals surface area (Å²) in [5.74, 6) is 0.845. The largest absolute Gasteiger partial charge is 0.486 e. The number of amides is 2. The fourth-order valence-corrected chi connectivity index (χ4v) is 3.62. The van der Waals surface area contributed by atoms with E-state index >= 15 is 0 Å². The number of benzene rings is 1. The van der Waals surface area contributed by atoms with E-state index in [1.54, 1.807) is 7.05 Å². The fourth-order valence-electron chi connectivity index (χ4n) is 3.62. The van der Waals surface area contributed by atoms with Gasteiger partial charge < -0.3 is 20.1 Å². The maximum absolute atomic E-state index is 13.0. The highest BCUT2D eigenvalue weighted by atomic mass is 16.6. The van der Waals surface area contributed by atoms with Crippen molar-refractivity contribution in [1.29, 1.82) is 0 Å². The van der Waals surface area contributed by atoms with Gasteiger partial charge in [0.15, 0.2) is 11.5 Å². The maximum Gasteiger partial charge on any atom is 0.237 e. The number of nitrogens with zero attached hydrogens (tertiary/aromatic N) is 1. The molecule has 1 heterocycles. The number of carbonyl (C=O) groups excluding carboxylic acids is 2. The number of rotatable bonds is 4. The number of carbonyl (C=O) groups is 2. The van der Waals surface area contributed by atoms with Crippen LogP contribution in [0, 0.1) is 0 Å². The summed E-state index contributed by atoms with van der Waals surface area (Å²) in [6, 6.07) is 5.72. The SMILES string of the molecule is CN(CC(N)=O)C(=O)C1(c2ccc3c(c2)OCCO3)CCCC1. The van der Waals surface area contributed by atoms with E-state index in [1.807, 2.05) is 18.2 Å². The van der Waals surface area contributed by atoms with Crippen molar-refractivity contribution in [2.75, 3.05) is 26.8 Å². The highest BCUT2D eigenvalue weighted by molar-refractivity contribution is 5.91. The molecule has 2 N–H and O–H groups in total. The van der Waals surface area contributed by atoms with E-state index in [9.17, 15) is 9.59 Å². The summed E-state index contributed by atoms with van der Waals surface area (Å²) in [5.41, 5.74) is 5.57. The third-order valence-corrected chi connectivity index (χ3v) is 4.70. The van der Waals surface area contributed by atoms with Gasteiger partial charge in [-0.2, -0.15) is 0 Å². The second-order valence-electron chi connectivity index (χ2n) is 6.28. The van der Waals surface area contributed by atoms with Gasteiger partial charge in [-0.1, -0.05) is 18.9 Å². The van der Waals surface area contributed by atoms with Crippen LogP contribution in [-0.2, 0) is 15.0 Å². The lowest BCUT2D eigenvalue weighted by molar-refractivity contribution is -0.138. The van der Waals surface area contributed by atoms with Crippen LogP contribution in [-0.4, -0.2) is 43.5 Å². The van der Waals surface area contributed by atoms with Crippen molar-refractivity contribution in [2.24, 2.45) is 5.73 Å². The maximum atomic E-state index is 13.0. The smallest absolute Gasteiger partial charge is 0.237 e. The molecule has 0 aromatic heterocycles. The van der Waals surface area contributed by atoms with Crippen molar-refractivity contribution in [3.8, 4) is 11.5 Å². The Labute approximate surface area is 135 Å². The van der Waals surface area contributed by atoms with Crippen LogP contribution < -0.4 is 15.2 Å². The summed E-state index contributed by atoms with van der Waals surface area (Å²) in [7, 11) is 1.63. The molecule has 6 nitrogen and oxygen atoms in total. The average molecular weight is 318 g/mol. The molecule has 23 heavy (non-hydrogen) atoms. The van der Waals surface area contributed by atoms with Gasteiger partial charge in [0.05, 0.1) is 12.0 Å². The Hall–Kier alpha value is -2.24. The zero-order valence-electron chi connectivity index (χ0n) is 13.3. The fraction of sp³-hybridized carbons (Fsp3) is 0.529. The normalized spacial score (nSPS) is 18.5. The van der Waals surface area contributed by atoms with E-state index in [4.69, 9.17) is 15.2 Å². The average Bonchev–Trinajstić information content (AvgIpc) is 3.04. The Morgan fingerprint density at radius 1 is 1.17 bits per heavy atom. The molecule has 0 saturated heterocycles. The number of likely N-dealkylation sites (N-methyl/N-ethyl adjacent to an activating group) is 1. The molecular formula is C17H22N2O4. The number of fused-ring (bicyclic) bond motifs is 1. The first kappa shape index (κ1) is 15.6. The number of hydrogen-bond acceptors (Lipinski definition) is 4. The molecule has 1 aromatic carbocycles. The minimum Gasteiger partial charge on any atom is -0.486 e. The summed E-state index contributed by atoms with van der Waals surface area (Å²) in [6.07, 6.45) is 3.53. The van der Waals surface area contributed by atoms with Gasteiger partial charge in [0.2, 0.25) is 11.8 Å². The standard InChI is InChI=1S/C17H22N2O4/c1-19(11-15(18)20)16(21)17(6-2-3-7-17)12-4-5-13-14(10-12)23-9-8-22-13/h4-5,10H,2-3,6-9,11H2,1H3,(H2,18,20). The van der Waals surface area contributed by atoms with Crippen LogP contribution >= 0.6 is 0 Å². The Bertz CT molecular complexity index is 623. The van der Waals surface area contributed by atoms with Gasteiger partial charge in [-0.25, -0.2) is 0 Å². The first-order valence-corrected chi connectivity index (χ1v) is 7.97. The summed E-state index contributed by atoms with van der Waals surface area (Å²) < 4.78 is 11.2. The van der Waals surface area contributed by atoms with Crippen LogP contribution in [0.3, 0.4) is 0 Å². The summed E-state index contributed by atoms with van der Waals surface area (Å²) in [4.78, 5) is 25.6. The predicted octanol–water partition coefficient (Wildman–Crippen LogP) is 1.21.